The highest BCUT2D eigenvalue weighted by Gasteiger charge is 2.14. The Kier molecular flexibility index (Phi) is 9.24. The molecule has 0 aliphatic rings. The van der Waals surface area contributed by atoms with Crippen molar-refractivity contribution in [3.05, 3.63) is 112 Å². The maximum Gasteiger partial charge on any atom is 0.257 e. The molecule has 0 spiro atoms. The van der Waals surface area contributed by atoms with Crippen molar-refractivity contribution in [2.24, 2.45) is 0 Å². The van der Waals surface area contributed by atoms with Gasteiger partial charge in [-0.15, -0.1) is 11.8 Å². The lowest BCUT2D eigenvalue weighted by molar-refractivity contribution is 0.0949. The first-order valence-electron chi connectivity index (χ1n) is 11.7. The molecule has 4 aromatic rings. The van der Waals surface area contributed by atoms with Crippen LogP contribution in [0.15, 0.2) is 90.0 Å². The lowest BCUT2D eigenvalue weighted by Gasteiger charge is -2.14. The van der Waals surface area contributed by atoms with E-state index in [1.165, 1.54) is 6.20 Å². The van der Waals surface area contributed by atoms with Crippen LogP contribution in [-0.2, 0) is 12.3 Å². The molecular formula is C29H26ClN3O4S. The predicted molar refractivity (Wildman–Crippen MR) is 150 cm³/mol. The van der Waals surface area contributed by atoms with Crippen LogP contribution in [0.3, 0.4) is 0 Å². The number of methoxy groups -OCH3 is 2. The number of amides is 2. The number of pyridine rings is 1. The Morgan fingerprint density at radius 2 is 1.61 bits per heavy atom. The highest BCUT2D eigenvalue weighted by molar-refractivity contribution is 7.98. The summed E-state index contributed by atoms with van der Waals surface area (Å²) in [4.78, 5) is 30.4. The number of anilines is 1. The van der Waals surface area contributed by atoms with E-state index in [0.29, 0.717) is 39.2 Å². The SMILES string of the molecule is COc1cccc(OC)c1CNC(=O)c1cccc(CSc2ccccc2NC(=O)c2ccc(Cl)nc2)c1. The molecule has 0 aliphatic carbocycles. The van der Waals surface area contributed by atoms with Crippen molar-refractivity contribution in [3.63, 3.8) is 0 Å². The Morgan fingerprint density at radius 3 is 2.32 bits per heavy atom. The summed E-state index contributed by atoms with van der Waals surface area (Å²) in [5.74, 6) is 1.43. The van der Waals surface area contributed by atoms with Gasteiger partial charge in [-0.05, 0) is 54.1 Å². The Bertz CT molecular complexity index is 1410. The first-order valence-corrected chi connectivity index (χ1v) is 13.1. The molecule has 0 saturated heterocycles. The van der Waals surface area contributed by atoms with Gasteiger partial charge in [-0.1, -0.05) is 41.9 Å². The largest absolute Gasteiger partial charge is 0.496 e. The summed E-state index contributed by atoms with van der Waals surface area (Å²) in [5.41, 5.74) is 3.40. The second kappa shape index (κ2) is 13.0. The van der Waals surface area contributed by atoms with Gasteiger partial charge in [-0.3, -0.25) is 9.59 Å². The molecule has 7 nitrogen and oxygen atoms in total. The van der Waals surface area contributed by atoms with Gasteiger partial charge in [0, 0.05) is 22.4 Å². The molecule has 0 unspecified atom stereocenters. The number of nitrogens with one attached hydrogen (secondary N) is 2. The van der Waals surface area contributed by atoms with Gasteiger partial charge in [-0.25, -0.2) is 4.98 Å². The van der Waals surface area contributed by atoms with E-state index in [0.717, 1.165) is 16.0 Å². The highest BCUT2D eigenvalue weighted by atomic mass is 35.5. The molecule has 38 heavy (non-hydrogen) atoms. The summed E-state index contributed by atoms with van der Waals surface area (Å²) in [6.07, 6.45) is 1.44. The number of thioether (sulfide) groups is 1. The second-order valence-corrected chi connectivity index (χ2v) is 9.54. The number of para-hydroxylation sites is 1. The molecular weight excluding hydrogens is 522 g/mol. The molecule has 4 rings (SSSR count). The van der Waals surface area contributed by atoms with Crippen LogP contribution in [0.2, 0.25) is 5.15 Å². The number of hydrogen-bond acceptors (Lipinski definition) is 6. The quantitative estimate of drug-likeness (QED) is 0.181. The van der Waals surface area contributed by atoms with Crippen LogP contribution in [0.1, 0.15) is 31.8 Å². The van der Waals surface area contributed by atoms with E-state index < -0.39 is 0 Å². The minimum atomic E-state index is -0.271. The molecule has 2 amide bonds. The predicted octanol–water partition coefficient (Wildman–Crippen LogP) is 6.23. The average Bonchev–Trinajstić information content (AvgIpc) is 2.95. The number of hydrogen-bond donors (Lipinski definition) is 2. The van der Waals surface area contributed by atoms with Crippen LogP contribution in [-0.4, -0.2) is 31.0 Å². The fraction of sp³-hybridized carbons (Fsp3) is 0.138. The van der Waals surface area contributed by atoms with Crippen LogP contribution >= 0.6 is 23.4 Å². The van der Waals surface area contributed by atoms with Crippen molar-refractivity contribution >= 4 is 40.9 Å². The first kappa shape index (κ1) is 27.0. The molecule has 194 valence electrons. The standard InChI is InChI=1S/C29H26ClN3O4S/c1-36-24-10-6-11-25(37-2)22(24)17-32-28(34)20-8-5-7-19(15-20)18-38-26-12-4-3-9-23(26)33-29(35)21-13-14-27(30)31-16-21/h3-16H,17-18H2,1-2H3,(H,32,34)(H,33,35). The molecule has 9 heteroatoms. The van der Waals surface area contributed by atoms with E-state index in [1.807, 2.05) is 60.7 Å². The molecule has 0 saturated carbocycles. The molecule has 0 atom stereocenters. The molecule has 0 radical (unpaired) electrons. The third kappa shape index (κ3) is 6.85. The van der Waals surface area contributed by atoms with Crippen LogP contribution in [0, 0.1) is 0 Å². The van der Waals surface area contributed by atoms with E-state index in [9.17, 15) is 9.59 Å². The normalized spacial score (nSPS) is 10.5. The summed E-state index contributed by atoms with van der Waals surface area (Å²) < 4.78 is 10.8. The monoisotopic (exact) mass is 547 g/mol. The van der Waals surface area contributed by atoms with E-state index >= 15 is 0 Å². The van der Waals surface area contributed by atoms with E-state index in [4.69, 9.17) is 21.1 Å². The number of halogens is 1. The van der Waals surface area contributed by atoms with Crippen molar-refractivity contribution in [2.75, 3.05) is 19.5 Å². The van der Waals surface area contributed by atoms with Crippen molar-refractivity contribution in [1.29, 1.82) is 0 Å². The Hall–Kier alpha value is -4.01. The molecule has 1 aromatic heterocycles. The number of carbonyl (C=O) groups is 2. The molecule has 3 aromatic carbocycles. The number of ether oxygens (including phenoxy) is 2. The lowest BCUT2D eigenvalue weighted by atomic mass is 10.1. The van der Waals surface area contributed by atoms with Crippen molar-refractivity contribution in [1.82, 2.24) is 10.3 Å². The van der Waals surface area contributed by atoms with Crippen LogP contribution in [0.5, 0.6) is 11.5 Å². The number of benzene rings is 3. The summed E-state index contributed by atoms with van der Waals surface area (Å²) in [5, 5.41) is 6.21. The maximum atomic E-state index is 12.9. The maximum absolute atomic E-state index is 12.9. The Balaban J connectivity index is 1.40. The minimum absolute atomic E-state index is 0.200. The lowest BCUT2D eigenvalue weighted by Crippen LogP contribution is -2.23. The zero-order chi connectivity index (χ0) is 26.9. The van der Waals surface area contributed by atoms with Crippen molar-refractivity contribution in [3.8, 4) is 11.5 Å². The van der Waals surface area contributed by atoms with Gasteiger partial charge in [0.2, 0.25) is 0 Å². The third-order valence-corrected chi connectivity index (χ3v) is 7.03. The third-order valence-electron chi connectivity index (χ3n) is 5.66. The molecule has 2 N–H and O–H groups in total. The number of rotatable bonds is 10. The first-order chi connectivity index (χ1) is 18.5. The van der Waals surface area contributed by atoms with Crippen LogP contribution < -0.4 is 20.1 Å². The Labute approximate surface area is 230 Å². The summed E-state index contributed by atoms with van der Waals surface area (Å²) in [6, 6.07) is 23.7. The van der Waals surface area contributed by atoms with Crippen molar-refractivity contribution < 1.29 is 19.1 Å². The molecule has 0 bridgehead atoms. The van der Waals surface area contributed by atoms with Crippen LogP contribution in [0.4, 0.5) is 5.69 Å². The fourth-order valence-corrected chi connectivity index (χ4v) is 4.80. The topological polar surface area (TPSA) is 89.5 Å². The van der Waals surface area contributed by atoms with E-state index in [-0.39, 0.29) is 18.4 Å². The van der Waals surface area contributed by atoms with Gasteiger partial charge in [-0.2, -0.15) is 0 Å². The zero-order valence-electron chi connectivity index (χ0n) is 20.9. The van der Waals surface area contributed by atoms with Gasteiger partial charge in [0.1, 0.15) is 16.7 Å². The molecule has 0 aliphatic heterocycles. The summed E-state index contributed by atoms with van der Waals surface area (Å²) in [7, 11) is 3.17. The summed E-state index contributed by atoms with van der Waals surface area (Å²) >= 11 is 7.38. The average molecular weight is 548 g/mol. The summed E-state index contributed by atoms with van der Waals surface area (Å²) in [6.45, 7) is 0.265. The van der Waals surface area contributed by atoms with Crippen LogP contribution in [0.25, 0.3) is 0 Å². The number of aromatic nitrogens is 1. The highest BCUT2D eigenvalue weighted by Crippen LogP contribution is 2.31. The van der Waals surface area contributed by atoms with Crippen molar-refractivity contribution in [2.45, 2.75) is 17.2 Å². The Morgan fingerprint density at radius 1 is 0.868 bits per heavy atom. The number of nitrogens with zero attached hydrogens (tertiary/aromatic N) is 1. The van der Waals surface area contributed by atoms with E-state index in [2.05, 4.69) is 15.6 Å². The smallest absolute Gasteiger partial charge is 0.257 e. The van der Waals surface area contributed by atoms with Gasteiger partial charge >= 0.3 is 0 Å². The fourth-order valence-electron chi connectivity index (χ4n) is 3.74. The van der Waals surface area contributed by atoms with E-state index in [1.54, 1.807) is 44.2 Å². The number of carbonyl (C=O) groups excluding carboxylic acids is 2. The van der Waals surface area contributed by atoms with Gasteiger partial charge in [0.15, 0.2) is 0 Å². The van der Waals surface area contributed by atoms with Gasteiger partial charge < -0.3 is 20.1 Å². The molecule has 0 fully saturated rings. The minimum Gasteiger partial charge on any atom is -0.496 e. The zero-order valence-corrected chi connectivity index (χ0v) is 22.4. The molecule has 1 heterocycles. The van der Waals surface area contributed by atoms with Gasteiger partial charge in [0.25, 0.3) is 11.8 Å². The van der Waals surface area contributed by atoms with Gasteiger partial charge in [0.05, 0.1) is 37.6 Å². The second-order valence-electron chi connectivity index (χ2n) is 8.13.